The Balaban J connectivity index is 3.05. The molecule has 0 atom stereocenters. The van der Waals surface area contributed by atoms with Crippen molar-refractivity contribution in [3.05, 3.63) is 21.5 Å². The normalized spacial score (nSPS) is 12.0. The standard InChI is InChI=1S/C8H12IN/c1-8(2,3)6-4-10-5-7(6)9/h4-5,10H,1-3H3. The summed E-state index contributed by atoms with van der Waals surface area (Å²) in [7, 11) is 0. The molecule has 10 heavy (non-hydrogen) atoms. The second-order valence-electron chi connectivity index (χ2n) is 3.47. The lowest BCUT2D eigenvalue weighted by Gasteiger charge is -2.16. The maximum absolute atomic E-state index is 3.10. The van der Waals surface area contributed by atoms with Crippen molar-refractivity contribution in [2.45, 2.75) is 26.2 Å². The van der Waals surface area contributed by atoms with Crippen LogP contribution in [0.1, 0.15) is 26.3 Å². The average molecular weight is 249 g/mol. The highest BCUT2D eigenvalue weighted by Crippen LogP contribution is 2.26. The number of nitrogens with one attached hydrogen (secondary N) is 1. The second-order valence-corrected chi connectivity index (χ2v) is 4.63. The van der Waals surface area contributed by atoms with Crippen LogP contribution in [0.5, 0.6) is 0 Å². The van der Waals surface area contributed by atoms with E-state index in [0.29, 0.717) is 0 Å². The molecule has 0 bridgehead atoms. The van der Waals surface area contributed by atoms with Gasteiger partial charge in [-0.2, -0.15) is 0 Å². The van der Waals surface area contributed by atoms with E-state index in [0.717, 1.165) is 0 Å². The van der Waals surface area contributed by atoms with Gasteiger partial charge in [-0.25, -0.2) is 0 Å². The highest BCUT2D eigenvalue weighted by molar-refractivity contribution is 14.1. The molecular weight excluding hydrogens is 237 g/mol. The largest absolute Gasteiger partial charge is 0.366 e. The number of hydrogen-bond donors (Lipinski definition) is 1. The molecule has 1 heterocycles. The highest BCUT2D eigenvalue weighted by atomic mass is 127. The molecule has 0 aliphatic heterocycles. The first-order valence-corrected chi connectivity index (χ1v) is 4.42. The first-order chi connectivity index (χ1) is 4.52. The van der Waals surface area contributed by atoms with Crippen molar-refractivity contribution in [3.8, 4) is 0 Å². The maximum Gasteiger partial charge on any atom is 0.0342 e. The molecule has 56 valence electrons. The van der Waals surface area contributed by atoms with Crippen LogP contribution < -0.4 is 0 Å². The van der Waals surface area contributed by atoms with Crippen molar-refractivity contribution in [2.24, 2.45) is 0 Å². The minimum Gasteiger partial charge on any atom is -0.366 e. The van der Waals surface area contributed by atoms with Gasteiger partial charge in [0.2, 0.25) is 0 Å². The number of aromatic nitrogens is 1. The molecule has 1 N–H and O–H groups in total. The summed E-state index contributed by atoms with van der Waals surface area (Å²) in [5.41, 5.74) is 1.67. The van der Waals surface area contributed by atoms with Crippen LogP contribution in [-0.4, -0.2) is 4.98 Å². The first-order valence-electron chi connectivity index (χ1n) is 3.34. The van der Waals surface area contributed by atoms with E-state index in [1.807, 2.05) is 6.20 Å². The zero-order chi connectivity index (χ0) is 7.78. The molecule has 0 radical (unpaired) electrons. The quantitative estimate of drug-likeness (QED) is 0.680. The van der Waals surface area contributed by atoms with Crippen molar-refractivity contribution in [3.63, 3.8) is 0 Å². The molecule has 0 aromatic carbocycles. The molecule has 0 aliphatic rings. The fourth-order valence-corrected chi connectivity index (χ4v) is 2.06. The summed E-state index contributed by atoms with van der Waals surface area (Å²) < 4.78 is 1.32. The number of hydrogen-bond acceptors (Lipinski definition) is 0. The molecule has 0 amide bonds. The number of H-pyrrole nitrogens is 1. The Kier molecular flexibility index (Phi) is 2.08. The smallest absolute Gasteiger partial charge is 0.0342 e. The van der Waals surface area contributed by atoms with Gasteiger partial charge in [0.1, 0.15) is 0 Å². The van der Waals surface area contributed by atoms with E-state index < -0.39 is 0 Å². The molecule has 1 rings (SSSR count). The topological polar surface area (TPSA) is 15.8 Å². The van der Waals surface area contributed by atoms with Crippen LogP contribution in [0.15, 0.2) is 12.4 Å². The van der Waals surface area contributed by atoms with Crippen molar-refractivity contribution < 1.29 is 0 Å². The zero-order valence-electron chi connectivity index (χ0n) is 6.53. The fourth-order valence-electron chi connectivity index (χ4n) is 0.920. The van der Waals surface area contributed by atoms with Gasteiger partial charge in [-0.3, -0.25) is 0 Å². The van der Waals surface area contributed by atoms with Crippen LogP contribution in [-0.2, 0) is 5.41 Å². The van der Waals surface area contributed by atoms with Crippen LogP contribution >= 0.6 is 22.6 Å². The Hall–Kier alpha value is 0.01000. The third-order valence-corrected chi connectivity index (χ3v) is 2.40. The minimum absolute atomic E-state index is 0.274. The van der Waals surface area contributed by atoms with E-state index in [-0.39, 0.29) is 5.41 Å². The Morgan fingerprint density at radius 2 is 1.90 bits per heavy atom. The summed E-state index contributed by atoms with van der Waals surface area (Å²) >= 11 is 2.35. The minimum atomic E-state index is 0.274. The van der Waals surface area contributed by atoms with E-state index in [2.05, 4.69) is 54.5 Å². The summed E-state index contributed by atoms with van der Waals surface area (Å²) in [6.45, 7) is 6.66. The lowest BCUT2D eigenvalue weighted by atomic mass is 9.89. The lowest BCUT2D eigenvalue weighted by Crippen LogP contribution is -2.10. The molecule has 0 saturated carbocycles. The van der Waals surface area contributed by atoms with Crippen LogP contribution in [0.2, 0.25) is 0 Å². The average Bonchev–Trinajstić information content (AvgIpc) is 2.11. The van der Waals surface area contributed by atoms with E-state index in [4.69, 9.17) is 0 Å². The molecule has 0 unspecified atom stereocenters. The van der Waals surface area contributed by atoms with Crippen LogP contribution in [0, 0.1) is 3.57 Å². The molecular formula is C8H12IN. The van der Waals surface area contributed by atoms with E-state index in [9.17, 15) is 0 Å². The van der Waals surface area contributed by atoms with Crippen molar-refractivity contribution in [2.75, 3.05) is 0 Å². The Bertz CT molecular complexity index is 219. The van der Waals surface area contributed by atoms with Gasteiger partial charge in [-0.15, -0.1) is 0 Å². The first kappa shape index (κ1) is 8.11. The third kappa shape index (κ3) is 1.54. The fraction of sp³-hybridized carbons (Fsp3) is 0.500. The molecule has 1 aromatic rings. The van der Waals surface area contributed by atoms with Gasteiger partial charge in [-0.05, 0) is 33.6 Å². The maximum atomic E-state index is 3.10. The predicted octanol–water partition coefficient (Wildman–Crippen LogP) is 2.92. The Morgan fingerprint density at radius 3 is 2.10 bits per heavy atom. The lowest BCUT2D eigenvalue weighted by molar-refractivity contribution is 0.588. The Labute approximate surface area is 75.4 Å². The Morgan fingerprint density at radius 1 is 1.30 bits per heavy atom. The molecule has 2 heteroatoms. The van der Waals surface area contributed by atoms with E-state index in [1.165, 1.54) is 9.13 Å². The van der Waals surface area contributed by atoms with Crippen molar-refractivity contribution >= 4 is 22.6 Å². The number of halogens is 1. The second kappa shape index (κ2) is 2.57. The molecule has 1 nitrogen and oxygen atoms in total. The highest BCUT2D eigenvalue weighted by Gasteiger charge is 2.16. The van der Waals surface area contributed by atoms with E-state index in [1.54, 1.807) is 0 Å². The molecule has 0 aliphatic carbocycles. The number of rotatable bonds is 0. The summed E-state index contributed by atoms with van der Waals surface area (Å²) in [5, 5.41) is 0. The monoisotopic (exact) mass is 249 g/mol. The van der Waals surface area contributed by atoms with Crippen LogP contribution in [0.4, 0.5) is 0 Å². The van der Waals surface area contributed by atoms with E-state index >= 15 is 0 Å². The van der Waals surface area contributed by atoms with Crippen LogP contribution in [0.3, 0.4) is 0 Å². The summed E-state index contributed by atoms with van der Waals surface area (Å²) in [5.74, 6) is 0. The van der Waals surface area contributed by atoms with Gasteiger partial charge >= 0.3 is 0 Å². The SMILES string of the molecule is CC(C)(C)c1c[nH]cc1I. The van der Waals surface area contributed by atoms with Crippen molar-refractivity contribution in [1.29, 1.82) is 0 Å². The zero-order valence-corrected chi connectivity index (χ0v) is 8.69. The summed E-state index contributed by atoms with van der Waals surface area (Å²) in [6.07, 6.45) is 4.10. The predicted molar refractivity (Wildman–Crippen MR) is 52.2 cm³/mol. The number of aromatic amines is 1. The summed E-state index contributed by atoms with van der Waals surface area (Å²) in [4.78, 5) is 3.10. The van der Waals surface area contributed by atoms with Gasteiger partial charge in [0.15, 0.2) is 0 Å². The van der Waals surface area contributed by atoms with Gasteiger partial charge in [-0.1, -0.05) is 20.8 Å². The molecule has 0 spiro atoms. The molecule has 1 aromatic heterocycles. The van der Waals surface area contributed by atoms with Gasteiger partial charge in [0, 0.05) is 16.0 Å². The van der Waals surface area contributed by atoms with Gasteiger partial charge in [0.05, 0.1) is 0 Å². The van der Waals surface area contributed by atoms with Gasteiger partial charge < -0.3 is 4.98 Å². The third-order valence-electron chi connectivity index (χ3n) is 1.50. The molecule has 0 saturated heterocycles. The molecule has 0 fully saturated rings. The van der Waals surface area contributed by atoms with Crippen LogP contribution in [0.25, 0.3) is 0 Å². The summed E-state index contributed by atoms with van der Waals surface area (Å²) in [6, 6.07) is 0. The van der Waals surface area contributed by atoms with Gasteiger partial charge in [0.25, 0.3) is 0 Å². The van der Waals surface area contributed by atoms with Crippen molar-refractivity contribution in [1.82, 2.24) is 4.98 Å².